The normalized spacial score (nSPS) is 28.3. The average Bonchev–Trinajstić information content (AvgIpc) is 2.81. The molecule has 1 saturated carbocycles. The Hall–Kier alpha value is -1.23. The quantitative estimate of drug-likeness (QED) is 0.795. The monoisotopic (exact) mass is 278 g/mol. The third-order valence-corrected chi connectivity index (χ3v) is 4.27. The zero-order valence-electron chi connectivity index (χ0n) is 11.8. The van der Waals surface area contributed by atoms with Gasteiger partial charge in [-0.25, -0.2) is 0 Å². The number of carbonyl (C=O) groups excluding carboxylic acids is 1. The van der Waals surface area contributed by atoms with Crippen LogP contribution in [0.5, 0.6) is 0 Å². The molecule has 1 aromatic heterocycles. The first kappa shape index (κ1) is 13.7. The second kappa shape index (κ2) is 6.48. The molecule has 5 nitrogen and oxygen atoms in total. The lowest BCUT2D eigenvalue weighted by molar-refractivity contribution is -0.120. The lowest BCUT2D eigenvalue weighted by atomic mass is 9.99. The van der Waals surface area contributed by atoms with Crippen molar-refractivity contribution in [1.82, 2.24) is 10.1 Å². The minimum absolute atomic E-state index is 0.175. The third-order valence-electron chi connectivity index (χ3n) is 4.27. The fraction of sp³-hybridized carbons (Fsp3) is 0.800. The van der Waals surface area contributed by atoms with E-state index < -0.39 is 0 Å². The van der Waals surface area contributed by atoms with Gasteiger partial charge < -0.3 is 9.26 Å². The summed E-state index contributed by atoms with van der Waals surface area (Å²) in [6.45, 7) is 0.830. The Balaban J connectivity index is 1.64. The molecule has 0 amide bonds. The number of hydrogen-bond donors (Lipinski definition) is 0. The number of ketones is 1. The van der Waals surface area contributed by atoms with E-state index in [4.69, 9.17) is 9.26 Å². The van der Waals surface area contributed by atoms with Gasteiger partial charge in [-0.05, 0) is 32.1 Å². The molecule has 0 spiro atoms. The number of Topliss-reactive ketones (excluding diaryl/α,β-unsaturated/α-hetero) is 1. The van der Waals surface area contributed by atoms with Gasteiger partial charge in [0.2, 0.25) is 5.89 Å². The van der Waals surface area contributed by atoms with Crippen molar-refractivity contribution in [2.75, 3.05) is 6.61 Å². The highest BCUT2D eigenvalue weighted by Gasteiger charge is 2.28. The van der Waals surface area contributed by atoms with E-state index in [0.29, 0.717) is 24.6 Å². The molecule has 2 unspecified atom stereocenters. The van der Waals surface area contributed by atoms with Gasteiger partial charge in [-0.15, -0.1) is 0 Å². The molecule has 1 aliphatic heterocycles. The van der Waals surface area contributed by atoms with Crippen molar-refractivity contribution in [3.8, 4) is 0 Å². The van der Waals surface area contributed by atoms with Crippen molar-refractivity contribution in [3.63, 3.8) is 0 Å². The predicted molar refractivity (Wildman–Crippen MR) is 72.4 cm³/mol. The van der Waals surface area contributed by atoms with Gasteiger partial charge in [-0.1, -0.05) is 18.0 Å². The van der Waals surface area contributed by atoms with Crippen molar-refractivity contribution in [2.45, 2.75) is 69.8 Å². The van der Waals surface area contributed by atoms with Gasteiger partial charge in [-0.2, -0.15) is 4.98 Å². The molecule has 1 aliphatic carbocycles. The van der Waals surface area contributed by atoms with Crippen LogP contribution in [0.2, 0.25) is 0 Å². The zero-order chi connectivity index (χ0) is 13.8. The van der Waals surface area contributed by atoms with Crippen LogP contribution in [0.25, 0.3) is 0 Å². The van der Waals surface area contributed by atoms with Crippen molar-refractivity contribution < 1.29 is 14.1 Å². The van der Waals surface area contributed by atoms with Crippen molar-refractivity contribution in [1.29, 1.82) is 0 Å². The second-order valence-corrected chi connectivity index (χ2v) is 5.86. The fourth-order valence-electron chi connectivity index (χ4n) is 3.08. The zero-order valence-corrected chi connectivity index (χ0v) is 11.8. The molecule has 0 aromatic carbocycles. The van der Waals surface area contributed by atoms with Gasteiger partial charge in [0.05, 0.1) is 12.0 Å². The number of nitrogens with zero attached hydrogens (tertiary/aromatic N) is 2. The van der Waals surface area contributed by atoms with Gasteiger partial charge >= 0.3 is 0 Å². The Morgan fingerprint density at radius 2 is 2.00 bits per heavy atom. The summed E-state index contributed by atoms with van der Waals surface area (Å²) < 4.78 is 11.0. The summed E-state index contributed by atoms with van der Waals surface area (Å²) in [5, 5.41) is 4.03. The molecule has 1 saturated heterocycles. The van der Waals surface area contributed by atoms with Crippen LogP contribution >= 0.6 is 0 Å². The molecule has 1 aromatic rings. The minimum Gasteiger partial charge on any atom is -0.378 e. The van der Waals surface area contributed by atoms with Crippen LogP contribution in [0.15, 0.2) is 4.52 Å². The first-order valence-electron chi connectivity index (χ1n) is 7.80. The molecule has 2 fully saturated rings. The smallest absolute Gasteiger partial charge is 0.237 e. The van der Waals surface area contributed by atoms with Crippen LogP contribution < -0.4 is 0 Å². The van der Waals surface area contributed by atoms with E-state index in [2.05, 4.69) is 10.1 Å². The highest BCUT2D eigenvalue weighted by molar-refractivity contribution is 5.84. The molecule has 0 N–H and O–H groups in total. The number of ether oxygens (including phenoxy) is 1. The molecular weight excluding hydrogens is 256 g/mol. The molecule has 2 atom stereocenters. The largest absolute Gasteiger partial charge is 0.378 e. The van der Waals surface area contributed by atoms with E-state index in [0.717, 1.165) is 45.1 Å². The molecule has 5 heteroatoms. The number of hydrogen-bond acceptors (Lipinski definition) is 5. The van der Waals surface area contributed by atoms with Crippen LogP contribution in [0.4, 0.5) is 0 Å². The summed E-state index contributed by atoms with van der Waals surface area (Å²) >= 11 is 0. The van der Waals surface area contributed by atoms with E-state index in [9.17, 15) is 4.79 Å². The predicted octanol–water partition coefficient (Wildman–Crippen LogP) is 2.80. The van der Waals surface area contributed by atoms with Crippen LogP contribution in [0.3, 0.4) is 0 Å². The van der Waals surface area contributed by atoms with E-state index in [1.165, 1.54) is 6.42 Å². The summed E-state index contributed by atoms with van der Waals surface area (Å²) in [5.41, 5.74) is 0. The highest BCUT2D eigenvalue weighted by atomic mass is 16.5. The summed E-state index contributed by atoms with van der Waals surface area (Å²) in [6, 6.07) is 0. The maximum atomic E-state index is 12.1. The summed E-state index contributed by atoms with van der Waals surface area (Å²) in [7, 11) is 0. The van der Waals surface area contributed by atoms with Gasteiger partial charge in [-0.3, -0.25) is 4.79 Å². The molecule has 2 heterocycles. The first-order valence-corrected chi connectivity index (χ1v) is 7.80. The number of aromatic nitrogens is 2. The van der Waals surface area contributed by atoms with E-state index >= 15 is 0 Å². The maximum Gasteiger partial charge on any atom is 0.237 e. The molecular formula is C15H22N2O3. The molecule has 20 heavy (non-hydrogen) atoms. The van der Waals surface area contributed by atoms with Crippen molar-refractivity contribution in [2.24, 2.45) is 0 Å². The number of rotatable bonds is 3. The van der Waals surface area contributed by atoms with Crippen LogP contribution in [0.1, 0.15) is 69.0 Å². The molecule has 0 bridgehead atoms. The number of carbonyl (C=O) groups is 1. The standard InChI is InChI=1S/C15H22N2O3/c18-13-8-3-1-2-7-12(13)15-16-14(17-20-15)10-11-6-4-5-9-19-11/h11-12H,1-10H2. The molecule has 3 rings (SSSR count). The average molecular weight is 278 g/mol. The first-order chi connectivity index (χ1) is 9.83. The fourth-order valence-corrected chi connectivity index (χ4v) is 3.08. The second-order valence-electron chi connectivity index (χ2n) is 5.86. The van der Waals surface area contributed by atoms with Crippen LogP contribution in [0, 0.1) is 0 Å². The van der Waals surface area contributed by atoms with Gasteiger partial charge in [0, 0.05) is 19.4 Å². The SMILES string of the molecule is O=C1CCCCCC1c1nc(CC2CCCCO2)no1. The van der Waals surface area contributed by atoms with Gasteiger partial charge in [0.1, 0.15) is 5.78 Å². The highest BCUT2D eigenvalue weighted by Crippen LogP contribution is 2.28. The third kappa shape index (κ3) is 3.26. The van der Waals surface area contributed by atoms with Crippen molar-refractivity contribution in [3.05, 3.63) is 11.7 Å². The summed E-state index contributed by atoms with van der Waals surface area (Å²) in [4.78, 5) is 16.5. The van der Waals surface area contributed by atoms with Crippen molar-refractivity contribution >= 4 is 5.78 Å². The Kier molecular flexibility index (Phi) is 4.45. The summed E-state index contributed by atoms with van der Waals surface area (Å²) in [6.07, 6.45) is 9.00. The van der Waals surface area contributed by atoms with E-state index in [1.54, 1.807) is 0 Å². The molecule has 0 radical (unpaired) electrons. The minimum atomic E-state index is -0.175. The van der Waals surface area contributed by atoms with Gasteiger partial charge in [0.15, 0.2) is 5.82 Å². The van der Waals surface area contributed by atoms with E-state index in [-0.39, 0.29) is 17.8 Å². The summed E-state index contributed by atoms with van der Waals surface area (Å²) in [5.74, 6) is 1.28. The Morgan fingerprint density at radius 3 is 2.85 bits per heavy atom. The van der Waals surface area contributed by atoms with Crippen LogP contribution in [-0.2, 0) is 16.0 Å². The van der Waals surface area contributed by atoms with Crippen LogP contribution in [-0.4, -0.2) is 28.6 Å². The Bertz CT molecular complexity index is 452. The maximum absolute atomic E-state index is 12.1. The Labute approximate surface area is 119 Å². The van der Waals surface area contributed by atoms with Gasteiger partial charge in [0.25, 0.3) is 0 Å². The lowest BCUT2D eigenvalue weighted by Crippen LogP contribution is -2.22. The topological polar surface area (TPSA) is 65.2 Å². The molecule has 2 aliphatic rings. The molecule has 110 valence electrons. The lowest BCUT2D eigenvalue weighted by Gasteiger charge is -2.20. The van der Waals surface area contributed by atoms with E-state index in [1.807, 2.05) is 0 Å². The Morgan fingerprint density at radius 1 is 1.10 bits per heavy atom.